The molecule has 0 spiro atoms. The molecule has 0 bridgehead atoms. The number of rotatable bonds is 11. The number of nitrogens with zero attached hydrogens (tertiary/aromatic N) is 2. The molecule has 7 nitrogen and oxygen atoms in total. The van der Waals surface area contributed by atoms with E-state index in [4.69, 9.17) is 19.2 Å². The average molecular weight is 663 g/mol. The highest BCUT2D eigenvalue weighted by Gasteiger charge is 2.35. The standard InChI is InChI=1S/C38H34N2O5S2/c1-4-43-31-22-26(16-21-30(31)45-24-25-12-8-6-9-13-25)23-32-36(41)40-35(28-17-19-29(46-3)20-18-28)33(37(42)44-5-2)34(39-38(40)47-32)27-14-10-7-11-15-27/h6-23,35H,4-5,24H2,1-3H3/b32-23-/t35-/m1/s1. The van der Waals surface area contributed by atoms with E-state index in [1.165, 1.54) is 11.3 Å². The summed E-state index contributed by atoms with van der Waals surface area (Å²) in [5, 5.41) is 0. The molecule has 0 amide bonds. The van der Waals surface area contributed by atoms with E-state index in [-0.39, 0.29) is 12.2 Å². The molecule has 9 heteroatoms. The summed E-state index contributed by atoms with van der Waals surface area (Å²) in [6.45, 7) is 4.75. The minimum absolute atomic E-state index is 0.195. The molecule has 0 unspecified atom stereocenters. The van der Waals surface area contributed by atoms with Crippen molar-refractivity contribution in [2.45, 2.75) is 31.4 Å². The molecular weight excluding hydrogens is 629 g/mol. The van der Waals surface area contributed by atoms with Gasteiger partial charge in [-0.15, -0.1) is 11.8 Å². The number of thiazole rings is 1. The minimum atomic E-state index is -0.730. The van der Waals surface area contributed by atoms with Crippen molar-refractivity contribution in [1.29, 1.82) is 0 Å². The van der Waals surface area contributed by atoms with Crippen LogP contribution in [-0.2, 0) is 16.1 Å². The fourth-order valence-electron chi connectivity index (χ4n) is 5.43. The number of carbonyl (C=O) groups excluding carboxylic acids is 1. The van der Waals surface area contributed by atoms with E-state index in [1.54, 1.807) is 23.3 Å². The number of esters is 1. The fraction of sp³-hybridized carbons (Fsp3) is 0.184. The Morgan fingerprint density at radius 1 is 0.894 bits per heavy atom. The number of fused-ring (bicyclic) bond motifs is 1. The topological polar surface area (TPSA) is 79.1 Å². The van der Waals surface area contributed by atoms with E-state index >= 15 is 0 Å². The third-order valence-electron chi connectivity index (χ3n) is 7.61. The lowest BCUT2D eigenvalue weighted by atomic mass is 9.93. The number of ether oxygens (including phenoxy) is 3. The van der Waals surface area contributed by atoms with Gasteiger partial charge < -0.3 is 14.2 Å². The van der Waals surface area contributed by atoms with Crippen LogP contribution in [0.15, 0.2) is 123 Å². The molecule has 6 rings (SSSR count). The maximum absolute atomic E-state index is 14.3. The van der Waals surface area contributed by atoms with Gasteiger partial charge in [-0.2, -0.15) is 0 Å². The quantitative estimate of drug-likeness (QED) is 0.117. The normalized spacial score (nSPS) is 14.4. The number of aromatic nitrogens is 1. The molecule has 1 aliphatic heterocycles. The van der Waals surface area contributed by atoms with Crippen molar-refractivity contribution >= 4 is 40.8 Å². The summed E-state index contributed by atoms with van der Waals surface area (Å²) in [5.41, 5.74) is 3.96. The van der Waals surface area contributed by atoms with Crippen LogP contribution in [0.3, 0.4) is 0 Å². The van der Waals surface area contributed by atoms with Crippen LogP contribution in [-0.4, -0.2) is 30.0 Å². The van der Waals surface area contributed by atoms with Crippen LogP contribution in [0.2, 0.25) is 0 Å². The van der Waals surface area contributed by atoms with Crippen molar-refractivity contribution in [2.24, 2.45) is 4.99 Å². The Labute approximate surface area is 281 Å². The molecule has 0 fully saturated rings. The molecule has 0 N–H and O–H groups in total. The molecule has 238 valence electrons. The van der Waals surface area contributed by atoms with Crippen molar-refractivity contribution in [3.8, 4) is 11.5 Å². The van der Waals surface area contributed by atoms with Gasteiger partial charge in [0.25, 0.3) is 5.56 Å². The fourth-order valence-corrected chi connectivity index (χ4v) is 6.84. The van der Waals surface area contributed by atoms with Crippen molar-refractivity contribution in [2.75, 3.05) is 19.5 Å². The van der Waals surface area contributed by atoms with Gasteiger partial charge in [-0.05, 0) is 67.1 Å². The zero-order valence-electron chi connectivity index (χ0n) is 26.3. The zero-order chi connectivity index (χ0) is 32.8. The van der Waals surface area contributed by atoms with Gasteiger partial charge in [-0.3, -0.25) is 9.36 Å². The summed E-state index contributed by atoms with van der Waals surface area (Å²) in [7, 11) is 0. The summed E-state index contributed by atoms with van der Waals surface area (Å²) in [4.78, 5) is 34.5. The average Bonchev–Trinajstić information content (AvgIpc) is 3.42. The van der Waals surface area contributed by atoms with Crippen LogP contribution in [0.5, 0.6) is 11.5 Å². The third kappa shape index (κ3) is 6.96. The summed E-state index contributed by atoms with van der Waals surface area (Å²) in [6, 6.07) is 32.3. The van der Waals surface area contributed by atoms with Crippen LogP contribution in [0.25, 0.3) is 11.8 Å². The molecule has 1 atom stereocenters. The molecule has 5 aromatic rings. The maximum Gasteiger partial charge on any atom is 0.338 e. The van der Waals surface area contributed by atoms with E-state index in [2.05, 4.69) is 0 Å². The Bertz CT molecular complexity index is 2090. The van der Waals surface area contributed by atoms with E-state index in [1.807, 2.05) is 122 Å². The highest BCUT2D eigenvalue weighted by Crippen LogP contribution is 2.36. The van der Waals surface area contributed by atoms with Gasteiger partial charge in [0.05, 0.1) is 35.1 Å². The Morgan fingerprint density at radius 2 is 1.62 bits per heavy atom. The monoisotopic (exact) mass is 662 g/mol. The van der Waals surface area contributed by atoms with E-state index in [0.717, 1.165) is 27.1 Å². The van der Waals surface area contributed by atoms with Crippen LogP contribution < -0.4 is 24.4 Å². The van der Waals surface area contributed by atoms with E-state index < -0.39 is 12.0 Å². The Hall–Kier alpha value is -4.86. The Kier molecular flexibility index (Phi) is 10.0. The third-order valence-corrected chi connectivity index (χ3v) is 9.33. The first kappa shape index (κ1) is 32.1. The van der Waals surface area contributed by atoms with Crippen molar-refractivity contribution in [1.82, 2.24) is 4.57 Å². The summed E-state index contributed by atoms with van der Waals surface area (Å²) < 4.78 is 19.7. The molecule has 0 saturated heterocycles. The van der Waals surface area contributed by atoms with E-state index in [0.29, 0.717) is 45.3 Å². The molecule has 1 aromatic heterocycles. The largest absolute Gasteiger partial charge is 0.490 e. The summed E-state index contributed by atoms with van der Waals surface area (Å²) in [5.74, 6) is 0.707. The van der Waals surface area contributed by atoms with E-state index in [9.17, 15) is 9.59 Å². The van der Waals surface area contributed by atoms with Crippen molar-refractivity contribution < 1.29 is 19.0 Å². The first-order valence-electron chi connectivity index (χ1n) is 15.4. The van der Waals surface area contributed by atoms with Crippen LogP contribution >= 0.6 is 23.1 Å². The predicted molar refractivity (Wildman–Crippen MR) is 188 cm³/mol. The molecule has 2 heterocycles. The molecule has 4 aromatic carbocycles. The van der Waals surface area contributed by atoms with Gasteiger partial charge >= 0.3 is 5.97 Å². The SMILES string of the molecule is CCOC(=O)C1=C(c2ccccc2)N=c2s/c(=C\c3ccc(OCc4ccccc4)c(OCC)c3)c(=O)n2[C@@H]1c1ccc(SC)cc1. The number of thioether (sulfide) groups is 1. The number of carbonyl (C=O) groups is 1. The van der Waals surface area contributed by atoms with Crippen LogP contribution in [0.1, 0.15) is 42.1 Å². The zero-order valence-corrected chi connectivity index (χ0v) is 28.0. The van der Waals surface area contributed by atoms with Gasteiger partial charge in [0.15, 0.2) is 16.3 Å². The molecule has 0 radical (unpaired) electrons. The lowest BCUT2D eigenvalue weighted by Crippen LogP contribution is -2.40. The van der Waals surface area contributed by atoms with Gasteiger partial charge in [-0.1, -0.05) is 90.2 Å². The molecule has 1 aliphatic rings. The summed E-state index contributed by atoms with van der Waals surface area (Å²) >= 11 is 2.91. The van der Waals surface area contributed by atoms with Crippen LogP contribution in [0, 0.1) is 0 Å². The minimum Gasteiger partial charge on any atom is -0.490 e. The second-order valence-electron chi connectivity index (χ2n) is 10.6. The Morgan fingerprint density at radius 3 is 2.30 bits per heavy atom. The lowest BCUT2D eigenvalue weighted by Gasteiger charge is -2.26. The summed E-state index contributed by atoms with van der Waals surface area (Å²) in [6.07, 6.45) is 3.84. The first-order chi connectivity index (χ1) is 23.0. The molecule has 47 heavy (non-hydrogen) atoms. The van der Waals surface area contributed by atoms with Gasteiger partial charge in [-0.25, -0.2) is 9.79 Å². The lowest BCUT2D eigenvalue weighted by molar-refractivity contribution is -0.138. The van der Waals surface area contributed by atoms with Crippen molar-refractivity contribution in [3.05, 3.63) is 151 Å². The first-order valence-corrected chi connectivity index (χ1v) is 17.4. The molecule has 0 saturated carbocycles. The van der Waals surface area contributed by atoms with Gasteiger partial charge in [0.2, 0.25) is 0 Å². The van der Waals surface area contributed by atoms with Gasteiger partial charge in [0, 0.05) is 10.5 Å². The van der Waals surface area contributed by atoms with Crippen LogP contribution in [0.4, 0.5) is 0 Å². The number of hydrogen-bond acceptors (Lipinski definition) is 8. The smallest absolute Gasteiger partial charge is 0.338 e. The number of benzene rings is 4. The predicted octanol–water partition coefficient (Wildman–Crippen LogP) is 6.64. The van der Waals surface area contributed by atoms with Gasteiger partial charge in [0.1, 0.15) is 6.61 Å². The number of hydrogen-bond donors (Lipinski definition) is 0. The maximum atomic E-state index is 14.3. The molecule has 0 aliphatic carbocycles. The second kappa shape index (κ2) is 14.7. The second-order valence-corrected chi connectivity index (χ2v) is 12.5. The Balaban J connectivity index is 1.49. The highest BCUT2D eigenvalue weighted by molar-refractivity contribution is 7.98. The molecular formula is C38H34N2O5S2. The van der Waals surface area contributed by atoms with Crippen molar-refractivity contribution in [3.63, 3.8) is 0 Å². The highest BCUT2D eigenvalue weighted by atomic mass is 32.2.